The van der Waals surface area contributed by atoms with E-state index in [2.05, 4.69) is 5.32 Å². The van der Waals surface area contributed by atoms with E-state index in [4.69, 9.17) is 16.6 Å². The van der Waals surface area contributed by atoms with Crippen LogP contribution in [0.5, 0.6) is 0 Å². The fraction of sp³-hybridized carbons (Fsp3) is 0.333. The Morgan fingerprint density at radius 1 is 1.04 bits per heavy atom. The number of halogens is 1. The SMILES string of the molecule is Cc1c(-c2cccc(Cl)c2)nc2ccccc2c1C(=O)NC1CCCCCC1. The first-order valence-electron chi connectivity index (χ1n) is 10.1. The molecule has 4 rings (SSSR count). The van der Waals surface area contributed by atoms with Gasteiger partial charge in [0.05, 0.1) is 16.8 Å². The molecule has 0 radical (unpaired) electrons. The van der Waals surface area contributed by atoms with Gasteiger partial charge < -0.3 is 5.32 Å². The van der Waals surface area contributed by atoms with E-state index in [0.29, 0.717) is 5.02 Å². The van der Waals surface area contributed by atoms with Gasteiger partial charge in [-0.2, -0.15) is 0 Å². The molecule has 144 valence electrons. The minimum absolute atomic E-state index is 0.00581. The molecule has 1 fully saturated rings. The molecule has 0 unspecified atom stereocenters. The number of aromatic nitrogens is 1. The fourth-order valence-corrected chi connectivity index (χ4v) is 4.39. The standard InChI is InChI=1S/C24H25ClN2O/c1-16-22(24(28)26-19-11-4-2-3-5-12-19)20-13-6-7-14-21(20)27-23(16)17-9-8-10-18(25)15-17/h6-10,13-15,19H,2-5,11-12H2,1H3,(H,26,28). The Balaban J connectivity index is 1.79. The molecule has 1 amide bonds. The van der Waals surface area contributed by atoms with Crippen LogP contribution in [0.3, 0.4) is 0 Å². The highest BCUT2D eigenvalue weighted by Crippen LogP contribution is 2.31. The maximum atomic E-state index is 13.3. The van der Waals surface area contributed by atoms with Crippen LogP contribution in [-0.2, 0) is 0 Å². The summed E-state index contributed by atoms with van der Waals surface area (Å²) < 4.78 is 0. The van der Waals surface area contributed by atoms with Crippen LogP contribution in [0.2, 0.25) is 5.02 Å². The summed E-state index contributed by atoms with van der Waals surface area (Å²) in [5, 5.41) is 4.87. The summed E-state index contributed by atoms with van der Waals surface area (Å²) in [7, 11) is 0. The number of carbonyl (C=O) groups excluding carboxylic acids is 1. The van der Waals surface area contributed by atoms with Crippen molar-refractivity contribution >= 4 is 28.4 Å². The highest BCUT2D eigenvalue weighted by Gasteiger charge is 2.22. The second-order valence-electron chi connectivity index (χ2n) is 7.65. The highest BCUT2D eigenvalue weighted by atomic mass is 35.5. The molecule has 1 aromatic heterocycles. The van der Waals surface area contributed by atoms with E-state index < -0.39 is 0 Å². The molecule has 28 heavy (non-hydrogen) atoms. The van der Waals surface area contributed by atoms with Crippen molar-refractivity contribution in [2.45, 2.75) is 51.5 Å². The molecule has 1 aliphatic carbocycles. The third-order valence-electron chi connectivity index (χ3n) is 5.65. The quantitative estimate of drug-likeness (QED) is 0.530. The van der Waals surface area contributed by atoms with Crippen molar-refractivity contribution in [3.63, 3.8) is 0 Å². The topological polar surface area (TPSA) is 42.0 Å². The third-order valence-corrected chi connectivity index (χ3v) is 5.89. The first-order chi connectivity index (χ1) is 13.6. The zero-order valence-corrected chi connectivity index (χ0v) is 16.9. The predicted molar refractivity (Wildman–Crippen MR) is 116 cm³/mol. The molecule has 1 aliphatic rings. The van der Waals surface area contributed by atoms with Crippen LogP contribution in [0.15, 0.2) is 48.5 Å². The Hall–Kier alpha value is -2.39. The molecule has 3 nitrogen and oxygen atoms in total. The van der Waals surface area contributed by atoms with Gasteiger partial charge in [-0.3, -0.25) is 4.79 Å². The van der Waals surface area contributed by atoms with Crippen LogP contribution in [0.1, 0.15) is 54.4 Å². The smallest absolute Gasteiger partial charge is 0.252 e. The normalized spacial score (nSPS) is 15.4. The maximum absolute atomic E-state index is 13.3. The number of para-hydroxylation sites is 1. The summed E-state index contributed by atoms with van der Waals surface area (Å²) in [5.41, 5.74) is 4.19. The van der Waals surface area contributed by atoms with Crippen LogP contribution >= 0.6 is 11.6 Å². The van der Waals surface area contributed by atoms with Gasteiger partial charge >= 0.3 is 0 Å². The highest BCUT2D eigenvalue weighted by molar-refractivity contribution is 6.30. The van der Waals surface area contributed by atoms with E-state index >= 15 is 0 Å². The fourth-order valence-electron chi connectivity index (χ4n) is 4.20. The second kappa shape index (κ2) is 8.32. The van der Waals surface area contributed by atoms with Gasteiger partial charge in [-0.25, -0.2) is 4.98 Å². The Bertz CT molecular complexity index is 1010. The summed E-state index contributed by atoms with van der Waals surface area (Å²) in [6.45, 7) is 1.98. The zero-order valence-electron chi connectivity index (χ0n) is 16.2. The van der Waals surface area contributed by atoms with Gasteiger partial charge in [0.15, 0.2) is 0 Å². The minimum Gasteiger partial charge on any atom is -0.349 e. The van der Waals surface area contributed by atoms with Crippen molar-refractivity contribution < 1.29 is 4.79 Å². The average molecular weight is 393 g/mol. The zero-order chi connectivity index (χ0) is 19.5. The molecular weight excluding hydrogens is 368 g/mol. The number of hydrogen-bond acceptors (Lipinski definition) is 2. The van der Waals surface area contributed by atoms with E-state index in [1.165, 1.54) is 25.7 Å². The molecule has 2 aromatic carbocycles. The number of nitrogens with zero attached hydrogens (tertiary/aromatic N) is 1. The number of nitrogens with one attached hydrogen (secondary N) is 1. The number of hydrogen-bond donors (Lipinski definition) is 1. The Morgan fingerprint density at radius 3 is 2.54 bits per heavy atom. The Kier molecular flexibility index (Phi) is 5.63. The Labute approximate surface area is 171 Å². The lowest BCUT2D eigenvalue weighted by atomic mass is 9.96. The monoisotopic (exact) mass is 392 g/mol. The van der Waals surface area contributed by atoms with Gasteiger partial charge in [-0.1, -0.05) is 67.6 Å². The summed E-state index contributed by atoms with van der Waals surface area (Å²) in [5.74, 6) is 0.00581. The van der Waals surface area contributed by atoms with Crippen molar-refractivity contribution in [2.75, 3.05) is 0 Å². The molecule has 3 aromatic rings. The largest absolute Gasteiger partial charge is 0.349 e. The number of amides is 1. The number of carbonyl (C=O) groups is 1. The third kappa shape index (κ3) is 3.90. The summed E-state index contributed by atoms with van der Waals surface area (Å²) in [6, 6.07) is 15.8. The molecule has 1 N–H and O–H groups in total. The number of pyridine rings is 1. The van der Waals surface area contributed by atoms with E-state index in [9.17, 15) is 4.79 Å². The Morgan fingerprint density at radius 2 is 1.79 bits per heavy atom. The van der Waals surface area contributed by atoms with Gasteiger partial charge in [-0.15, -0.1) is 0 Å². The lowest BCUT2D eigenvalue weighted by Crippen LogP contribution is -2.35. The van der Waals surface area contributed by atoms with Gasteiger partial charge in [0, 0.05) is 22.0 Å². The van der Waals surface area contributed by atoms with Crippen LogP contribution in [0.25, 0.3) is 22.2 Å². The molecule has 0 atom stereocenters. The second-order valence-corrected chi connectivity index (χ2v) is 8.09. The van der Waals surface area contributed by atoms with Gasteiger partial charge in [0.2, 0.25) is 0 Å². The first-order valence-corrected chi connectivity index (χ1v) is 10.5. The molecule has 4 heteroatoms. The van der Waals surface area contributed by atoms with Gasteiger partial charge in [0.25, 0.3) is 5.91 Å². The van der Waals surface area contributed by atoms with Gasteiger partial charge in [-0.05, 0) is 43.5 Å². The maximum Gasteiger partial charge on any atom is 0.252 e. The summed E-state index contributed by atoms with van der Waals surface area (Å²) in [4.78, 5) is 18.2. The molecule has 1 heterocycles. The van der Waals surface area contributed by atoms with Crippen LogP contribution in [-0.4, -0.2) is 16.9 Å². The van der Waals surface area contributed by atoms with E-state index in [0.717, 1.165) is 46.1 Å². The molecular formula is C24H25ClN2O. The summed E-state index contributed by atoms with van der Waals surface area (Å²) >= 11 is 6.20. The number of benzene rings is 2. The molecule has 0 aliphatic heterocycles. The minimum atomic E-state index is 0.00581. The van der Waals surface area contributed by atoms with Crippen molar-refractivity contribution in [1.82, 2.24) is 10.3 Å². The number of fused-ring (bicyclic) bond motifs is 1. The average Bonchev–Trinajstić information content (AvgIpc) is 2.96. The molecule has 0 saturated heterocycles. The summed E-state index contributed by atoms with van der Waals surface area (Å²) in [6.07, 6.45) is 7.04. The van der Waals surface area contributed by atoms with E-state index in [1.54, 1.807) is 0 Å². The van der Waals surface area contributed by atoms with Crippen molar-refractivity contribution in [1.29, 1.82) is 0 Å². The van der Waals surface area contributed by atoms with Crippen LogP contribution < -0.4 is 5.32 Å². The van der Waals surface area contributed by atoms with Gasteiger partial charge in [0.1, 0.15) is 0 Å². The van der Waals surface area contributed by atoms with Crippen molar-refractivity contribution in [2.24, 2.45) is 0 Å². The molecule has 0 spiro atoms. The van der Waals surface area contributed by atoms with Crippen LogP contribution in [0, 0.1) is 6.92 Å². The van der Waals surface area contributed by atoms with Crippen LogP contribution in [0.4, 0.5) is 0 Å². The number of rotatable bonds is 3. The van der Waals surface area contributed by atoms with Crippen molar-refractivity contribution in [3.8, 4) is 11.3 Å². The lowest BCUT2D eigenvalue weighted by Gasteiger charge is -2.19. The molecule has 1 saturated carbocycles. The lowest BCUT2D eigenvalue weighted by molar-refractivity contribution is 0.0934. The predicted octanol–water partition coefficient (Wildman–Crippen LogP) is 6.32. The molecule has 0 bridgehead atoms. The van der Waals surface area contributed by atoms with E-state index in [-0.39, 0.29) is 11.9 Å². The first kappa shape index (κ1) is 18.9. The van der Waals surface area contributed by atoms with E-state index in [1.807, 2.05) is 55.5 Å². The van der Waals surface area contributed by atoms with Crippen molar-refractivity contribution in [3.05, 3.63) is 64.7 Å².